The number of fused-ring (bicyclic) bond motifs is 2. The summed E-state index contributed by atoms with van der Waals surface area (Å²) in [5.41, 5.74) is 10.8. The molecule has 0 heterocycles. The number of hydrazine groups is 2. The summed E-state index contributed by atoms with van der Waals surface area (Å²) >= 11 is 0. The van der Waals surface area contributed by atoms with Crippen LogP contribution in [0.3, 0.4) is 0 Å². The molecule has 4 amide bonds. The Labute approximate surface area is 219 Å². The third-order valence-electron chi connectivity index (χ3n) is 5.70. The van der Waals surface area contributed by atoms with Gasteiger partial charge in [-0.05, 0) is 44.8 Å². The van der Waals surface area contributed by atoms with Crippen LogP contribution < -0.4 is 21.7 Å². The van der Waals surface area contributed by atoms with Gasteiger partial charge in [0.2, 0.25) is 11.8 Å². The van der Waals surface area contributed by atoms with Crippen molar-refractivity contribution >= 4 is 57.3 Å². The molecule has 38 heavy (non-hydrogen) atoms. The zero-order valence-electron chi connectivity index (χ0n) is 20.4. The number of benzene rings is 4. The quantitative estimate of drug-likeness (QED) is 0.225. The predicted octanol–water partition coefficient (Wildman–Crippen LogP) is 3.79. The summed E-state index contributed by atoms with van der Waals surface area (Å²) in [6.45, 7) is 0. The van der Waals surface area contributed by atoms with E-state index in [1.54, 1.807) is 12.2 Å². The number of hydrogen-bond donors (Lipinski definition) is 4. The second kappa shape index (κ2) is 12.6. The fraction of sp³-hybridized carbons (Fsp3) is 0.0667. The zero-order valence-corrected chi connectivity index (χ0v) is 20.4. The first-order valence-electron chi connectivity index (χ1n) is 12.0. The summed E-state index contributed by atoms with van der Waals surface area (Å²) in [6, 6.07) is 27.2. The molecule has 4 aromatic rings. The molecule has 0 aliphatic rings. The van der Waals surface area contributed by atoms with Gasteiger partial charge >= 0.3 is 0 Å². The second-order valence-corrected chi connectivity index (χ2v) is 8.38. The van der Waals surface area contributed by atoms with Crippen LogP contribution >= 0.6 is 0 Å². The molecular weight excluding hydrogens is 480 g/mol. The molecule has 0 saturated heterocycles. The average molecular weight is 507 g/mol. The summed E-state index contributed by atoms with van der Waals surface area (Å²) in [7, 11) is 0. The van der Waals surface area contributed by atoms with Gasteiger partial charge < -0.3 is 0 Å². The van der Waals surface area contributed by atoms with Crippen LogP contribution in [-0.2, 0) is 19.2 Å². The first-order chi connectivity index (χ1) is 18.5. The second-order valence-electron chi connectivity index (χ2n) is 8.38. The van der Waals surface area contributed by atoms with Gasteiger partial charge in [-0.1, -0.05) is 84.9 Å². The number of hydrogen-bond acceptors (Lipinski definition) is 4. The Bertz CT molecular complexity index is 1430. The van der Waals surface area contributed by atoms with Gasteiger partial charge in [0.25, 0.3) is 11.8 Å². The summed E-state index contributed by atoms with van der Waals surface area (Å²) in [5, 5.41) is 4.12. The van der Waals surface area contributed by atoms with E-state index in [1.165, 1.54) is 12.2 Å². The Morgan fingerprint density at radius 2 is 0.895 bits per heavy atom. The highest BCUT2D eigenvalue weighted by molar-refractivity contribution is 5.98. The minimum Gasteiger partial charge on any atom is -0.273 e. The molecule has 0 bridgehead atoms. The molecule has 4 N–H and O–H groups in total. The van der Waals surface area contributed by atoms with Gasteiger partial charge in [0.1, 0.15) is 0 Å². The van der Waals surface area contributed by atoms with E-state index in [-0.39, 0.29) is 12.8 Å². The Balaban J connectivity index is 1.16. The smallest absolute Gasteiger partial charge is 0.262 e. The number of nitrogens with one attached hydrogen (secondary N) is 4. The van der Waals surface area contributed by atoms with Crippen molar-refractivity contribution in [3.63, 3.8) is 0 Å². The van der Waals surface area contributed by atoms with Crippen molar-refractivity contribution in [3.05, 3.63) is 108 Å². The molecule has 0 aliphatic carbocycles. The molecule has 4 aromatic carbocycles. The average Bonchev–Trinajstić information content (AvgIpc) is 2.95. The van der Waals surface area contributed by atoms with Crippen LogP contribution in [0.2, 0.25) is 0 Å². The highest BCUT2D eigenvalue weighted by atomic mass is 16.2. The molecule has 8 nitrogen and oxygen atoms in total. The summed E-state index contributed by atoms with van der Waals surface area (Å²) in [5.74, 6) is -2.12. The van der Waals surface area contributed by atoms with Gasteiger partial charge in [-0.25, -0.2) is 0 Å². The largest absolute Gasteiger partial charge is 0.273 e. The van der Waals surface area contributed by atoms with Crippen molar-refractivity contribution in [2.75, 3.05) is 0 Å². The van der Waals surface area contributed by atoms with Crippen LogP contribution in [0.1, 0.15) is 24.0 Å². The van der Waals surface area contributed by atoms with Crippen molar-refractivity contribution in [2.45, 2.75) is 12.8 Å². The molecule has 0 fully saturated rings. The summed E-state index contributed by atoms with van der Waals surface area (Å²) < 4.78 is 0. The zero-order chi connectivity index (χ0) is 26.7. The lowest BCUT2D eigenvalue weighted by molar-refractivity contribution is -0.130. The Morgan fingerprint density at radius 1 is 0.500 bits per heavy atom. The van der Waals surface area contributed by atoms with Crippen molar-refractivity contribution in [3.8, 4) is 0 Å². The maximum atomic E-state index is 12.1. The van der Waals surface area contributed by atoms with Crippen LogP contribution in [0.4, 0.5) is 0 Å². The Kier molecular flexibility index (Phi) is 8.60. The first-order valence-corrected chi connectivity index (χ1v) is 12.0. The number of rotatable bonds is 7. The van der Waals surface area contributed by atoms with Crippen LogP contribution in [0.5, 0.6) is 0 Å². The first kappa shape index (κ1) is 25.8. The van der Waals surface area contributed by atoms with E-state index in [0.29, 0.717) is 0 Å². The number of carbonyl (C=O) groups is 4. The minimum absolute atomic E-state index is 0.180. The summed E-state index contributed by atoms with van der Waals surface area (Å²) in [6.07, 6.45) is 5.59. The van der Waals surface area contributed by atoms with Gasteiger partial charge in [0.15, 0.2) is 0 Å². The van der Waals surface area contributed by atoms with Crippen molar-refractivity contribution in [1.29, 1.82) is 0 Å². The normalized spacial score (nSPS) is 11.1. The maximum Gasteiger partial charge on any atom is 0.262 e. The van der Waals surface area contributed by atoms with E-state index in [4.69, 9.17) is 0 Å². The van der Waals surface area contributed by atoms with Crippen molar-refractivity contribution in [2.24, 2.45) is 0 Å². The summed E-state index contributed by atoms with van der Waals surface area (Å²) in [4.78, 5) is 48.1. The van der Waals surface area contributed by atoms with E-state index in [2.05, 4.69) is 21.7 Å². The fourth-order valence-electron chi connectivity index (χ4n) is 3.82. The topological polar surface area (TPSA) is 116 Å². The standard InChI is InChI=1S/C30H26N4O4/c35-27(17-15-23-11-5-9-21-7-1-3-13-25(21)23)31-33-29(37)19-20-30(38)34-32-28(36)18-16-24-12-6-10-22-8-2-4-14-26(22)24/h1-18H,19-20H2,(H,31,35)(H,32,36)(H,33,37)(H,34,38). The molecule has 0 aliphatic heterocycles. The number of amides is 4. The van der Waals surface area contributed by atoms with Gasteiger partial charge in [0, 0.05) is 25.0 Å². The fourth-order valence-corrected chi connectivity index (χ4v) is 3.82. The predicted molar refractivity (Wildman–Crippen MR) is 148 cm³/mol. The molecule has 0 aromatic heterocycles. The van der Waals surface area contributed by atoms with E-state index in [9.17, 15) is 19.2 Å². The molecule has 0 saturated carbocycles. The number of carbonyl (C=O) groups excluding carboxylic acids is 4. The lowest BCUT2D eigenvalue weighted by Crippen LogP contribution is -2.43. The van der Waals surface area contributed by atoms with Crippen LogP contribution in [0.25, 0.3) is 33.7 Å². The van der Waals surface area contributed by atoms with Gasteiger partial charge in [-0.15, -0.1) is 0 Å². The third kappa shape index (κ3) is 7.14. The molecule has 8 heteroatoms. The molecular formula is C30H26N4O4. The highest BCUT2D eigenvalue weighted by Crippen LogP contribution is 2.20. The maximum absolute atomic E-state index is 12.1. The molecule has 190 valence electrons. The minimum atomic E-state index is -0.547. The van der Waals surface area contributed by atoms with Gasteiger partial charge in [0.05, 0.1) is 0 Å². The van der Waals surface area contributed by atoms with Crippen molar-refractivity contribution < 1.29 is 19.2 Å². The molecule has 0 unspecified atom stereocenters. The van der Waals surface area contributed by atoms with Gasteiger partial charge in [-0.3, -0.25) is 40.9 Å². The molecule has 0 spiro atoms. The lowest BCUT2D eigenvalue weighted by Gasteiger charge is -2.07. The van der Waals surface area contributed by atoms with E-state index < -0.39 is 23.6 Å². The molecule has 4 rings (SSSR count). The van der Waals surface area contributed by atoms with E-state index in [1.807, 2.05) is 84.9 Å². The molecule has 0 atom stereocenters. The van der Waals surface area contributed by atoms with Crippen LogP contribution in [0.15, 0.2) is 97.1 Å². The van der Waals surface area contributed by atoms with E-state index >= 15 is 0 Å². The molecule has 0 radical (unpaired) electrons. The van der Waals surface area contributed by atoms with Crippen LogP contribution in [-0.4, -0.2) is 23.6 Å². The Morgan fingerprint density at radius 3 is 1.34 bits per heavy atom. The Hall–Kier alpha value is -5.24. The van der Waals surface area contributed by atoms with Crippen molar-refractivity contribution in [1.82, 2.24) is 21.7 Å². The van der Waals surface area contributed by atoms with E-state index in [0.717, 1.165) is 32.7 Å². The SMILES string of the molecule is O=C(C=Cc1cccc2ccccc12)NNC(=O)CCC(=O)NNC(=O)C=Cc1cccc2ccccc12. The highest BCUT2D eigenvalue weighted by Gasteiger charge is 2.08. The van der Waals surface area contributed by atoms with Gasteiger partial charge in [-0.2, -0.15) is 0 Å². The van der Waals surface area contributed by atoms with Crippen LogP contribution in [0, 0.1) is 0 Å². The lowest BCUT2D eigenvalue weighted by atomic mass is 10.0. The third-order valence-corrected chi connectivity index (χ3v) is 5.70. The monoisotopic (exact) mass is 506 g/mol.